The first kappa shape index (κ1) is 22.3. The molecular weight excluding hydrogens is 446 g/mol. The lowest BCUT2D eigenvalue weighted by atomic mass is 10.0. The summed E-state index contributed by atoms with van der Waals surface area (Å²) in [6, 6.07) is 17.4. The highest BCUT2D eigenvalue weighted by molar-refractivity contribution is 7.15. The van der Waals surface area contributed by atoms with Gasteiger partial charge in [0.25, 0.3) is 0 Å². The van der Waals surface area contributed by atoms with Gasteiger partial charge in [-0.25, -0.2) is 4.79 Å². The fraction of sp³-hybridized carbons (Fsp3) is 0.250. The lowest BCUT2D eigenvalue weighted by Crippen LogP contribution is -2.48. The highest BCUT2D eigenvalue weighted by Gasteiger charge is 2.24. The van der Waals surface area contributed by atoms with Crippen LogP contribution in [-0.2, 0) is 9.53 Å². The largest absolute Gasteiger partial charge is 0.465 e. The highest BCUT2D eigenvalue weighted by atomic mass is 35.5. The first-order valence-corrected chi connectivity index (χ1v) is 11.6. The summed E-state index contributed by atoms with van der Waals surface area (Å²) in [5.41, 5.74) is 3.15. The topological polar surface area (TPSA) is 61.9 Å². The van der Waals surface area contributed by atoms with E-state index in [4.69, 9.17) is 16.3 Å². The number of esters is 1. The Kier molecular flexibility index (Phi) is 7.09. The van der Waals surface area contributed by atoms with Crippen molar-refractivity contribution in [1.82, 2.24) is 4.90 Å². The molecule has 0 radical (unpaired) electrons. The Labute approximate surface area is 196 Å². The first-order chi connectivity index (χ1) is 15.5. The van der Waals surface area contributed by atoms with Crippen LogP contribution in [0.2, 0.25) is 5.02 Å². The Morgan fingerprint density at radius 1 is 1.06 bits per heavy atom. The summed E-state index contributed by atoms with van der Waals surface area (Å²) in [6.45, 7) is 3.44. The van der Waals surface area contributed by atoms with Gasteiger partial charge in [-0.05, 0) is 23.8 Å². The van der Waals surface area contributed by atoms with Crippen molar-refractivity contribution in [2.45, 2.75) is 0 Å². The molecule has 0 saturated carbocycles. The molecule has 1 saturated heterocycles. The van der Waals surface area contributed by atoms with Crippen LogP contribution in [0.3, 0.4) is 0 Å². The molecule has 0 unspecified atom stereocenters. The summed E-state index contributed by atoms with van der Waals surface area (Å²) in [4.78, 5) is 29.6. The lowest BCUT2D eigenvalue weighted by Gasteiger charge is -2.35. The van der Waals surface area contributed by atoms with Gasteiger partial charge in [0.15, 0.2) is 0 Å². The molecule has 1 amide bonds. The Morgan fingerprint density at radius 2 is 1.81 bits per heavy atom. The van der Waals surface area contributed by atoms with E-state index in [0.29, 0.717) is 10.6 Å². The highest BCUT2D eigenvalue weighted by Crippen LogP contribution is 2.36. The number of nitrogens with zero attached hydrogens (tertiary/aromatic N) is 2. The van der Waals surface area contributed by atoms with Gasteiger partial charge in [-0.2, -0.15) is 0 Å². The van der Waals surface area contributed by atoms with E-state index in [1.807, 2.05) is 60.0 Å². The number of hydrogen-bond acceptors (Lipinski definition) is 6. The van der Waals surface area contributed by atoms with Crippen LogP contribution in [0.25, 0.3) is 11.1 Å². The predicted octanol–water partition coefficient (Wildman–Crippen LogP) is 4.62. The van der Waals surface area contributed by atoms with Crippen LogP contribution >= 0.6 is 22.9 Å². The fourth-order valence-corrected chi connectivity index (χ4v) is 4.95. The number of ether oxygens (including phenoxy) is 1. The molecular formula is C24H24ClN3O3S. The van der Waals surface area contributed by atoms with Crippen LogP contribution in [-0.4, -0.2) is 56.6 Å². The molecule has 1 N–H and O–H groups in total. The van der Waals surface area contributed by atoms with Gasteiger partial charge in [0.1, 0.15) is 10.6 Å². The van der Waals surface area contributed by atoms with E-state index >= 15 is 0 Å². The second-order valence-electron chi connectivity index (χ2n) is 7.50. The molecule has 3 aromatic rings. The molecule has 2 heterocycles. The number of hydrogen-bond donors (Lipinski definition) is 1. The van der Waals surface area contributed by atoms with Crippen LogP contribution in [0, 0.1) is 0 Å². The van der Waals surface area contributed by atoms with Crippen LogP contribution < -0.4 is 10.2 Å². The second-order valence-corrected chi connectivity index (χ2v) is 8.82. The molecule has 4 rings (SSSR count). The molecule has 1 fully saturated rings. The minimum atomic E-state index is -0.462. The Morgan fingerprint density at radius 3 is 2.50 bits per heavy atom. The van der Waals surface area contributed by atoms with Crippen molar-refractivity contribution in [3.8, 4) is 11.1 Å². The number of thiophene rings is 1. The quantitative estimate of drug-likeness (QED) is 0.534. The van der Waals surface area contributed by atoms with Crippen LogP contribution in [0.15, 0.2) is 60.0 Å². The van der Waals surface area contributed by atoms with E-state index in [0.717, 1.165) is 48.0 Å². The minimum absolute atomic E-state index is 0.146. The monoisotopic (exact) mass is 469 g/mol. The van der Waals surface area contributed by atoms with Crippen LogP contribution in [0.5, 0.6) is 0 Å². The van der Waals surface area contributed by atoms with Crippen molar-refractivity contribution in [2.75, 3.05) is 50.1 Å². The zero-order valence-electron chi connectivity index (χ0n) is 17.7. The third-order valence-corrected chi connectivity index (χ3v) is 6.56. The van der Waals surface area contributed by atoms with Crippen molar-refractivity contribution in [3.63, 3.8) is 0 Å². The maximum atomic E-state index is 12.8. The zero-order valence-corrected chi connectivity index (χ0v) is 19.3. The lowest BCUT2D eigenvalue weighted by molar-refractivity contribution is -0.117. The first-order valence-electron chi connectivity index (χ1n) is 10.3. The summed E-state index contributed by atoms with van der Waals surface area (Å²) >= 11 is 7.43. The molecule has 1 aliphatic rings. The van der Waals surface area contributed by atoms with Gasteiger partial charge in [-0.1, -0.05) is 48.0 Å². The molecule has 0 aliphatic carbocycles. The van der Waals surface area contributed by atoms with Crippen molar-refractivity contribution >= 4 is 45.5 Å². The van der Waals surface area contributed by atoms with E-state index in [-0.39, 0.29) is 12.5 Å². The Balaban J connectivity index is 1.39. The van der Waals surface area contributed by atoms with Gasteiger partial charge >= 0.3 is 5.97 Å². The number of amides is 1. The van der Waals surface area contributed by atoms with Gasteiger partial charge in [0.05, 0.1) is 13.7 Å². The van der Waals surface area contributed by atoms with Gasteiger partial charge in [0.2, 0.25) is 5.91 Å². The zero-order chi connectivity index (χ0) is 22.5. The normalized spacial score (nSPS) is 14.2. The molecule has 0 spiro atoms. The van der Waals surface area contributed by atoms with Crippen LogP contribution in [0.1, 0.15) is 10.4 Å². The second kappa shape index (κ2) is 10.2. The standard InChI is InChI=1S/C24H24ClN3O3S/c1-31-24(30)22-20(17-6-3-2-4-7-17)16-32-23(22)26-21(29)15-27-10-12-28(13-11-27)19-9-5-8-18(25)14-19/h2-9,14,16H,10-13,15H2,1H3,(H,26,29). The van der Waals surface area contributed by atoms with Crippen molar-refractivity contribution in [1.29, 1.82) is 0 Å². The molecule has 6 nitrogen and oxygen atoms in total. The van der Waals surface area contributed by atoms with E-state index < -0.39 is 5.97 Å². The van der Waals surface area contributed by atoms with Gasteiger partial charge < -0.3 is 15.0 Å². The third-order valence-electron chi connectivity index (χ3n) is 5.43. The SMILES string of the molecule is COC(=O)c1c(-c2ccccc2)csc1NC(=O)CN1CCN(c2cccc(Cl)c2)CC1. The molecule has 0 atom stereocenters. The number of nitrogens with one attached hydrogen (secondary N) is 1. The molecule has 1 aromatic heterocycles. The molecule has 1 aliphatic heterocycles. The molecule has 2 aromatic carbocycles. The number of benzene rings is 2. The number of rotatable bonds is 6. The summed E-state index contributed by atoms with van der Waals surface area (Å²) in [5, 5.41) is 6.03. The predicted molar refractivity (Wildman–Crippen MR) is 130 cm³/mol. The number of carbonyl (C=O) groups excluding carboxylic acids is 2. The van der Waals surface area contributed by atoms with Crippen molar-refractivity contribution < 1.29 is 14.3 Å². The molecule has 32 heavy (non-hydrogen) atoms. The molecule has 8 heteroatoms. The average molecular weight is 470 g/mol. The van der Waals surface area contributed by atoms with Gasteiger partial charge in [-0.3, -0.25) is 9.69 Å². The summed E-state index contributed by atoms with van der Waals surface area (Å²) < 4.78 is 4.98. The van der Waals surface area contributed by atoms with Gasteiger partial charge in [-0.15, -0.1) is 11.3 Å². The van der Waals surface area contributed by atoms with Crippen molar-refractivity contribution in [3.05, 3.63) is 70.6 Å². The number of anilines is 2. The van der Waals surface area contributed by atoms with Gasteiger partial charge in [0, 0.05) is 47.8 Å². The van der Waals surface area contributed by atoms with Crippen LogP contribution in [0.4, 0.5) is 10.7 Å². The van der Waals surface area contributed by atoms with E-state index in [1.165, 1.54) is 18.4 Å². The number of halogens is 1. The van der Waals surface area contributed by atoms with E-state index in [1.54, 1.807) is 0 Å². The molecule has 0 bridgehead atoms. The fourth-order valence-electron chi connectivity index (χ4n) is 3.79. The molecule has 166 valence electrons. The minimum Gasteiger partial charge on any atom is -0.465 e. The smallest absolute Gasteiger partial charge is 0.341 e. The van der Waals surface area contributed by atoms with Crippen molar-refractivity contribution in [2.24, 2.45) is 0 Å². The maximum Gasteiger partial charge on any atom is 0.341 e. The summed E-state index contributed by atoms with van der Waals surface area (Å²) in [5.74, 6) is -0.608. The summed E-state index contributed by atoms with van der Waals surface area (Å²) in [6.07, 6.45) is 0. The summed E-state index contributed by atoms with van der Waals surface area (Å²) in [7, 11) is 1.35. The maximum absolute atomic E-state index is 12.8. The number of carbonyl (C=O) groups is 2. The van der Waals surface area contributed by atoms with E-state index in [2.05, 4.69) is 15.1 Å². The Bertz CT molecular complexity index is 1090. The van der Waals surface area contributed by atoms with E-state index in [9.17, 15) is 9.59 Å². The average Bonchev–Trinajstić information content (AvgIpc) is 3.23. The third kappa shape index (κ3) is 5.12. The number of piperazine rings is 1. The Hall–Kier alpha value is -2.87. The number of methoxy groups -OCH3 is 1.